The first-order chi connectivity index (χ1) is 10.2. The van der Waals surface area contributed by atoms with Gasteiger partial charge < -0.3 is 10.0 Å². The molecule has 0 aliphatic carbocycles. The average molecular weight is 326 g/mol. The smallest absolute Gasteiger partial charge is 0.308 e. The number of carboxylic acid groups (broad SMARTS) is 1. The summed E-state index contributed by atoms with van der Waals surface area (Å²) in [7, 11) is -0.00441. The van der Waals surface area contributed by atoms with E-state index in [4.69, 9.17) is 0 Å². The van der Waals surface area contributed by atoms with Gasteiger partial charge in [0.05, 0.1) is 10.8 Å². The van der Waals surface area contributed by atoms with Crippen LogP contribution in [0.2, 0.25) is 0 Å². The van der Waals surface area contributed by atoms with E-state index in [1.165, 1.54) is 4.31 Å². The first-order valence-electron chi connectivity index (χ1n) is 7.27. The van der Waals surface area contributed by atoms with Crippen molar-refractivity contribution in [2.45, 2.75) is 30.7 Å². The molecule has 1 heterocycles. The highest BCUT2D eigenvalue weighted by atomic mass is 32.2. The minimum Gasteiger partial charge on any atom is -0.481 e. The maximum Gasteiger partial charge on any atom is 0.308 e. The number of aliphatic carboxylic acids is 1. The van der Waals surface area contributed by atoms with E-state index in [0.717, 1.165) is 5.69 Å². The molecular formula is C15H22N2O4S. The van der Waals surface area contributed by atoms with Crippen molar-refractivity contribution in [3.8, 4) is 0 Å². The number of hydrogen-bond donors (Lipinski definition) is 1. The van der Waals surface area contributed by atoms with Crippen molar-refractivity contribution < 1.29 is 18.3 Å². The van der Waals surface area contributed by atoms with E-state index in [0.29, 0.717) is 19.4 Å². The van der Waals surface area contributed by atoms with Crippen LogP contribution in [-0.2, 0) is 14.8 Å². The largest absolute Gasteiger partial charge is 0.481 e. The molecule has 1 fully saturated rings. The van der Waals surface area contributed by atoms with E-state index in [-0.39, 0.29) is 4.90 Å². The van der Waals surface area contributed by atoms with Crippen molar-refractivity contribution in [3.63, 3.8) is 0 Å². The van der Waals surface area contributed by atoms with Gasteiger partial charge in [0.15, 0.2) is 0 Å². The predicted molar refractivity (Wildman–Crippen MR) is 84.5 cm³/mol. The topological polar surface area (TPSA) is 77.9 Å². The fraction of sp³-hybridized carbons (Fsp3) is 0.533. The van der Waals surface area contributed by atoms with Gasteiger partial charge in [0, 0.05) is 32.4 Å². The molecule has 6 nitrogen and oxygen atoms in total. The molecule has 1 aliphatic rings. The second kappa shape index (κ2) is 6.26. The van der Waals surface area contributed by atoms with Crippen LogP contribution in [-0.4, -0.2) is 50.5 Å². The van der Waals surface area contributed by atoms with Gasteiger partial charge in [0.2, 0.25) is 10.0 Å². The SMILES string of the molecule is C[C@@H]1[C@H](C(=O)O)CCCN1S(=O)(=O)c1cccc(N(C)C)c1. The molecule has 1 N–H and O–H groups in total. The van der Waals surface area contributed by atoms with Crippen LogP contribution in [0.4, 0.5) is 5.69 Å². The number of anilines is 1. The van der Waals surface area contributed by atoms with Crippen LogP contribution in [0.1, 0.15) is 19.8 Å². The highest BCUT2D eigenvalue weighted by molar-refractivity contribution is 7.89. The first kappa shape index (κ1) is 16.8. The third kappa shape index (κ3) is 3.10. The number of carboxylic acids is 1. The molecule has 0 spiro atoms. The molecule has 122 valence electrons. The highest BCUT2D eigenvalue weighted by Crippen LogP contribution is 2.30. The summed E-state index contributed by atoms with van der Waals surface area (Å²) < 4.78 is 27.0. The summed E-state index contributed by atoms with van der Waals surface area (Å²) in [6, 6.07) is 6.16. The Bertz CT molecular complexity index is 657. The second-order valence-corrected chi connectivity index (χ2v) is 7.73. The molecule has 0 unspecified atom stereocenters. The zero-order valence-electron chi connectivity index (χ0n) is 13.1. The number of carbonyl (C=O) groups is 1. The highest BCUT2D eigenvalue weighted by Gasteiger charge is 2.39. The first-order valence-corrected chi connectivity index (χ1v) is 8.71. The Kier molecular flexibility index (Phi) is 4.77. The van der Waals surface area contributed by atoms with E-state index in [1.807, 2.05) is 25.1 Å². The zero-order chi connectivity index (χ0) is 16.5. The standard InChI is InChI=1S/C15H22N2O4S/c1-11-14(15(18)19)8-5-9-17(11)22(20,21)13-7-4-6-12(10-13)16(2)3/h4,6-7,10-11,14H,5,8-9H2,1-3H3,(H,18,19)/t11-,14-/m1/s1. The van der Waals surface area contributed by atoms with Gasteiger partial charge in [-0.3, -0.25) is 4.79 Å². The van der Waals surface area contributed by atoms with Crippen LogP contribution in [0.15, 0.2) is 29.2 Å². The number of rotatable bonds is 4. The van der Waals surface area contributed by atoms with Crippen molar-refractivity contribution in [2.24, 2.45) is 5.92 Å². The lowest BCUT2D eigenvalue weighted by Gasteiger charge is -2.36. The normalized spacial score (nSPS) is 23.2. The van der Waals surface area contributed by atoms with Gasteiger partial charge in [-0.25, -0.2) is 8.42 Å². The van der Waals surface area contributed by atoms with Gasteiger partial charge in [-0.1, -0.05) is 6.07 Å². The van der Waals surface area contributed by atoms with Crippen molar-refractivity contribution >= 4 is 21.7 Å². The molecule has 1 aliphatic heterocycles. The van der Waals surface area contributed by atoms with Crippen LogP contribution < -0.4 is 4.90 Å². The maximum atomic E-state index is 12.9. The van der Waals surface area contributed by atoms with Gasteiger partial charge in [0.25, 0.3) is 0 Å². The molecule has 2 rings (SSSR count). The van der Waals surface area contributed by atoms with E-state index in [2.05, 4.69) is 0 Å². The van der Waals surface area contributed by atoms with E-state index in [9.17, 15) is 18.3 Å². The third-order valence-electron chi connectivity index (χ3n) is 4.19. The minimum absolute atomic E-state index is 0.205. The van der Waals surface area contributed by atoms with Crippen LogP contribution >= 0.6 is 0 Å². The fourth-order valence-electron chi connectivity index (χ4n) is 2.84. The lowest BCUT2D eigenvalue weighted by molar-refractivity contribution is -0.144. The molecule has 22 heavy (non-hydrogen) atoms. The Labute approximate surface area is 131 Å². The van der Waals surface area contributed by atoms with Gasteiger partial charge in [0.1, 0.15) is 0 Å². The summed E-state index contributed by atoms with van der Waals surface area (Å²) in [5, 5.41) is 9.25. The summed E-state index contributed by atoms with van der Waals surface area (Å²) >= 11 is 0. The third-order valence-corrected chi connectivity index (χ3v) is 6.17. The fourth-order valence-corrected chi connectivity index (χ4v) is 4.58. The van der Waals surface area contributed by atoms with Crippen LogP contribution in [0.25, 0.3) is 0 Å². The number of benzene rings is 1. The van der Waals surface area contributed by atoms with E-state index < -0.39 is 28.0 Å². The van der Waals surface area contributed by atoms with Crippen LogP contribution in [0.3, 0.4) is 0 Å². The quantitative estimate of drug-likeness (QED) is 0.910. The van der Waals surface area contributed by atoms with Crippen molar-refractivity contribution in [3.05, 3.63) is 24.3 Å². The molecule has 0 aromatic heterocycles. The summed E-state index contributed by atoms with van der Waals surface area (Å²) in [5.41, 5.74) is 0.792. The molecule has 1 aromatic rings. The molecule has 0 bridgehead atoms. The summed E-state index contributed by atoms with van der Waals surface area (Å²) in [4.78, 5) is 13.3. The summed E-state index contributed by atoms with van der Waals surface area (Å²) in [5.74, 6) is -1.59. The number of nitrogens with zero attached hydrogens (tertiary/aromatic N) is 2. The molecule has 0 saturated carbocycles. The lowest BCUT2D eigenvalue weighted by Crippen LogP contribution is -2.48. The van der Waals surface area contributed by atoms with Gasteiger partial charge in [-0.15, -0.1) is 0 Å². The monoisotopic (exact) mass is 326 g/mol. The van der Waals surface area contributed by atoms with Crippen molar-refractivity contribution in [1.29, 1.82) is 0 Å². The van der Waals surface area contributed by atoms with Crippen LogP contribution in [0.5, 0.6) is 0 Å². The van der Waals surface area contributed by atoms with E-state index in [1.54, 1.807) is 25.1 Å². The van der Waals surface area contributed by atoms with Crippen molar-refractivity contribution in [2.75, 3.05) is 25.5 Å². The molecule has 7 heteroatoms. The minimum atomic E-state index is -3.69. The Balaban J connectivity index is 2.37. The van der Waals surface area contributed by atoms with E-state index >= 15 is 0 Å². The lowest BCUT2D eigenvalue weighted by atomic mass is 9.92. The molecule has 2 atom stereocenters. The Morgan fingerprint density at radius 3 is 2.64 bits per heavy atom. The molecule has 0 amide bonds. The molecule has 1 saturated heterocycles. The number of hydrogen-bond acceptors (Lipinski definition) is 4. The molecule has 0 radical (unpaired) electrons. The Hall–Kier alpha value is -1.60. The van der Waals surface area contributed by atoms with Crippen LogP contribution in [0, 0.1) is 5.92 Å². The number of sulfonamides is 1. The predicted octanol–water partition coefficient (Wildman–Crippen LogP) is 1.63. The van der Waals surface area contributed by atoms with Gasteiger partial charge in [-0.2, -0.15) is 4.31 Å². The Morgan fingerprint density at radius 1 is 1.36 bits per heavy atom. The summed E-state index contributed by atoms with van der Waals surface area (Å²) in [6.45, 7) is 2.03. The van der Waals surface area contributed by atoms with Gasteiger partial charge >= 0.3 is 5.97 Å². The molecular weight excluding hydrogens is 304 g/mol. The maximum absolute atomic E-state index is 12.9. The van der Waals surface area contributed by atoms with Crippen molar-refractivity contribution in [1.82, 2.24) is 4.31 Å². The second-order valence-electron chi connectivity index (χ2n) is 5.84. The summed E-state index contributed by atoms with van der Waals surface area (Å²) in [6.07, 6.45) is 1.08. The van der Waals surface area contributed by atoms with Gasteiger partial charge in [-0.05, 0) is 38.0 Å². The Morgan fingerprint density at radius 2 is 2.05 bits per heavy atom. The molecule has 1 aromatic carbocycles. The number of piperidine rings is 1. The average Bonchev–Trinajstić information content (AvgIpc) is 2.47. The zero-order valence-corrected chi connectivity index (χ0v) is 13.9.